The van der Waals surface area contributed by atoms with Crippen molar-refractivity contribution in [3.63, 3.8) is 0 Å². The van der Waals surface area contributed by atoms with Crippen LogP contribution in [-0.2, 0) is 4.79 Å². The minimum Gasteiger partial charge on any atom is -0.301 e. The van der Waals surface area contributed by atoms with Crippen LogP contribution in [0, 0.1) is 5.82 Å². The lowest BCUT2D eigenvalue weighted by molar-refractivity contribution is -0.113. The first-order valence-electron chi connectivity index (χ1n) is 5.91. The van der Waals surface area contributed by atoms with Crippen LogP contribution in [-0.4, -0.2) is 11.8 Å². The van der Waals surface area contributed by atoms with E-state index in [0.717, 1.165) is 32.0 Å². The summed E-state index contributed by atoms with van der Waals surface area (Å²) in [6.45, 7) is 0. The number of benzene rings is 1. The summed E-state index contributed by atoms with van der Waals surface area (Å²) in [6.07, 6.45) is 5.98. The molecule has 0 aliphatic heterocycles. The minimum atomic E-state index is -0.467. The van der Waals surface area contributed by atoms with Crippen molar-refractivity contribution in [2.75, 3.05) is 0 Å². The zero-order valence-corrected chi connectivity index (χ0v) is 10.4. The number of carbonyl (C=O) groups is 1. The van der Waals surface area contributed by atoms with Gasteiger partial charge >= 0.3 is 0 Å². The second kappa shape index (κ2) is 5.65. The highest BCUT2D eigenvalue weighted by atomic mass is 32.2. The highest BCUT2D eigenvalue weighted by molar-refractivity contribution is 7.97. The smallest absolute Gasteiger partial charge is 0.140 e. The van der Waals surface area contributed by atoms with Crippen LogP contribution in [0.1, 0.15) is 32.1 Å². The fourth-order valence-electron chi connectivity index (χ4n) is 2.11. The lowest BCUT2D eigenvalue weighted by Crippen LogP contribution is -2.44. The predicted molar refractivity (Wildman–Crippen MR) is 67.3 cm³/mol. The molecule has 0 aromatic heterocycles. The van der Waals surface area contributed by atoms with Crippen molar-refractivity contribution in [3.05, 3.63) is 30.1 Å². The number of carbonyl (C=O) groups excluding carboxylic acids is 1. The van der Waals surface area contributed by atoms with Crippen molar-refractivity contribution < 1.29 is 9.18 Å². The molecule has 0 bridgehead atoms. The Morgan fingerprint density at radius 3 is 2.59 bits per heavy atom. The van der Waals surface area contributed by atoms with Gasteiger partial charge in [-0.1, -0.05) is 31.4 Å². The quantitative estimate of drug-likeness (QED) is 0.659. The molecule has 1 aliphatic carbocycles. The Kier molecular flexibility index (Phi) is 4.18. The van der Waals surface area contributed by atoms with E-state index < -0.39 is 5.54 Å². The molecule has 2 rings (SSSR count). The number of hydrogen-bond donors (Lipinski definition) is 1. The lowest BCUT2D eigenvalue weighted by Gasteiger charge is -2.32. The van der Waals surface area contributed by atoms with E-state index in [1.165, 1.54) is 24.4 Å². The Balaban J connectivity index is 2.00. The topological polar surface area (TPSA) is 29.1 Å². The highest BCUT2D eigenvalue weighted by Crippen LogP contribution is 2.30. The third-order valence-corrected chi connectivity index (χ3v) is 4.23. The molecule has 0 amide bonds. The average Bonchev–Trinajstić information content (AvgIpc) is 2.39. The Labute approximate surface area is 105 Å². The Morgan fingerprint density at radius 1 is 1.24 bits per heavy atom. The third kappa shape index (κ3) is 3.07. The van der Waals surface area contributed by atoms with Gasteiger partial charge in [-0.2, -0.15) is 0 Å². The van der Waals surface area contributed by atoms with E-state index in [-0.39, 0.29) is 5.82 Å². The number of nitrogens with one attached hydrogen (secondary N) is 1. The summed E-state index contributed by atoms with van der Waals surface area (Å²) < 4.78 is 16.6. The normalized spacial score (nSPS) is 18.9. The van der Waals surface area contributed by atoms with E-state index in [4.69, 9.17) is 0 Å². The molecule has 0 spiro atoms. The summed E-state index contributed by atoms with van der Waals surface area (Å²) in [5.41, 5.74) is -0.467. The predicted octanol–water partition coefficient (Wildman–Crippen LogP) is 3.32. The van der Waals surface area contributed by atoms with Crippen molar-refractivity contribution in [1.82, 2.24) is 4.72 Å². The van der Waals surface area contributed by atoms with E-state index in [0.29, 0.717) is 4.90 Å². The molecular weight excluding hydrogens is 237 g/mol. The van der Waals surface area contributed by atoms with Crippen LogP contribution < -0.4 is 4.72 Å². The lowest BCUT2D eigenvalue weighted by atomic mass is 9.84. The Morgan fingerprint density at radius 2 is 1.94 bits per heavy atom. The summed E-state index contributed by atoms with van der Waals surface area (Å²) in [7, 11) is 0. The van der Waals surface area contributed by atoms with Gasteiger partial charge in [0.25, 0.3) is 0 Å². The van der Waals surface area contributed by atoms with Crippen LogP contribution in [0.2, 0.25) is 0 Å². The van der Waals surface area contributed by atoms with E-state index in [9.17, 15) is 9.18 Å². The van der Waals surface area contributed by atoms with Crippen LogP contribution in [0.4, 0.5) is 4.39 Å². The molecule has 1 aliphatic rings. The largest absolute Gasteiger partial charge is 0.301 e. The molecular formula is C13H16FNOS. The van der Waals surface area contributed by atoms with Crippen LogP contribution in [0.25, 0.3) is 0 Å². The molecule has 0 heterocycles. The molecule has 17 heavy (non-hydrogen) atoms. The number of hydrogen-bond acceptors (Lipinski definition) is 3. The zero-order chi connectivity index (χ0) is 12.1. The SMILES string of the molecule is O=CC1(NSc2ccccc2F)CCCCC1. The van der Waals surface area contributed by atoms with E-state index >= 15 is 0 Å². The van der Waals surface area contributed by atoms with Gasteiger partial charge in [0.1, 0.15) is 12.1 Å². The van der Waals surface area contributed by atoms with Crippen molar-refractivity contribution in [1.29, 1.82) is 0 Å². The first-order valence-corrected chi connectivity index (χ1v) is 6.72. The van der Waals surface area contributed by atoms with Crippen molar-refractivity contribution in [2.24, 2.45) is 0 Å². The first kappa shape index (κ1) is 12.6. The van der Waals surface area contributed by atoms with Gasteiger partial charge in [-0.3, -0.25) is 0 Å². The first-order chi connectivity index (χ1) is 8.26. The molecule has 1 N–H and O–H groups in total. The van der Waals surface area contributed by atoms with Crippen LogP contribution >= 0.6 is 11.9 Å². The molecule has 1 aromatic rings. The zero-order valence-electron chi connectivity index (χ0n) is 9.62. The van der Waals surface area contributed by atoms with Crippen LogP contribution in [0.5, 0.6) is 0 Å². The van der Waals surface area contributed by atoms with E-state index in [2.05, 4.69) is 4.72 Å². The summed E-state index contributed by atoms with van der Waals surface area (Å²) >= 11 is 1.22. The second-order valence-corrected chi connectivity index (χ2v) is 5.32. The fourth-order valence-corrected chi connectivity index (χ4v) is 2.99. The summed E-state index contributed by atoms with van der Waals surface area (Å²) in [6, 6.07) is 6.60. The van der Waals surface area contributed by atoms with Gasteiger partial charge in [0, 0.05) is 0 Å². The van der Waals surface area contributed by atoms with Gasteiger partial charge in [0.15, 0.2) is 0 Å². The Bertz CT molecular complexity index is 391. The molecule has 2 nitrogen and oxygen atoms in total. The molecule has 92 valence electrons. The molecule has 0 saturated heterocycles. The van der Waals surface area contributed by atoms with E-state index in [1.54, 1.807) is 18.2 Å². The van der Waals surface area contributed by atoms with Gasteiger partial charge < -0.3 is 4.79 Å². The van der Waals surface area contributed by atoms with Gasteiger partial charge in [-0.25, -0.2) is 9.11 Å². The summed E-state index contributed by atoms with van der Waals surface area (Å²) in [4.78, 5) is 11.8. The van der Waals surface area contributed by atoms with Crippen molar-refractivity contribution in [3.8, 4) is 0 Å². The van der Waals surface area contributed by atoms with Crippen molar-refractivity contribution in [2.45, 2.75) is 42.5 Å². The third-order valence-electron chi connectivity index (χ3n) is 3.17. The van der Waals surface area contributed by atoms with Gasteiger partial charge in [0.2, 0.25) is 0 Å². The molecule has 0 unspecified atom stereocenters. The van der Waals surface area contributed by atoms with Gasteiger partial charge in [-0.15, -0.1) is 0 Å². The molecule has 1 fully saturated rings. The number of rotatable bonds is 4. The summed E-state index contributed by atoms with van der Waals surface area (Å²) in [5.74, 6) is -0.248. The maximum Gasteiger partial charge on any atom is 0.140 e. The molecule has 4 heteroatoms. The van der Waals surface area contributed by atoms with Gasteiger partial charge in [-0.05, 0) is 36.9 Å². The standard InChI is InChI=1S/C13H16FNOS/c14-11-6-2-3-7-12(11)17-15-13(10-16)8-4-1-5-9-13/h2-3,6-7,10,15H,1,4-5,8-9H2. The summed E-state index contributed by atoms with van der Waals surface area (Å²) in [5, 5.41) is 0. The van der Waals surface area contributed by atoms with Gasteiger partial charge in [0.05, 0.1) is 10.4 Å². The fraction of sp³-hybridized carbons (Fsp3) is 0.462. The highest BCUT2D eigenvalue weighted by Gasteiger charge is 2.31. The molecule has 1 saturated carbocycles. The molecule has 0 atom stereocenters. The minimum absolute atomic E-state index is 0.248. The maximum atomic E-state index is 13.4. The monoisotopic (exact) mass is 253 g/mol. The molecule has 1 aromatic carbocycles. The number of aldehydes is 1. The van der Waals surface area contributed by atoms with Crippen molar-refractivity contribution >= 4 is 18.2 Å². The second-order valence-electron chi connectivity index (χ2n) is 4.47. The van der Waals surface area contributed by atoms with Crippen LogP contribution in [0.3, 0.4) is 0 Å². The number of halogens is 1. The molecule has 0 radical (unpaired) electrons. The van der Waals surface area contributed by atoms with Crippen LogP contribution in [0.15, 0.2) is 29.2 Å². The Hall–Kier alpha value is -0.870. The average molecular weight is 253 g/mol. The maximum absolute atomic E-state index is 13.4. The van der Waals surface area contributed by atoms with E-state index in [1.807, 2.05) is 0 Å².